The average molecular weight is 275 g/mol. The molecule has 0 spiro atoms. The van der Waals surface area contributed by atoms with Gasteiger partial charge >= 0.3 is 0 Å². The minimum absolute atomic E-state index is 0.271. The highest BCUT2D eigenvalue weighted by molar-refractivity contribution is 5.18. The van der Waals surface area contributed by atoms with Crippen molar-refractivity contribution in [2.75, 3.05) is 6.61 Å². The van der Waals surface area contributed by atoms with Gasteiger partial charge in [-0.05, 0) is 12.1 Å². The number of aromatic nitrogens is 1. The summed E-state index contributed by atoms with van der Waals surface area (Å²) < 4.78 is 23.4. The molecule has 1 aromatic rings. The molecule has 1 fully saturated rings. The molecule has 2 rings (SSSR count). The summed E-state index contributed by atoms with van der Waals surface area (Å²) >= 11 is 0. The minimum atomic E-state index is -1.59. The number of rotatable bonds is 3. The highest BCUT2D eigenvalue weighted by Gasteiger charge is 2.44. The number of ether oxygens (including phenoxy) is 2. The fraction of sp³-hybridized carbons (Fsp3) is 0.545. The molecule has 0 saturated carbocycles. The Bertz CT molecular complexity index is 431. The quantitative estimate of drug-likeness (QED) is 0.491. The number of aliphatic hydroxyl groups is 4. The Kier molecular flexibility index (Phi) is 4.27. The monoisotopic (exact) mass is 275 g/mol. The van der Waals surface area contributed by atoms with Gasteiger partial charge < -0.3 is 29.9 Å². The summed E-state index contributed by atoms with van der Waals surface area (Å²) in [5, 5.41) is 37.8. The van der Waals surface area contributed by atoms with Crippen LogP contribution in [0.4, 0.5) is 4.39 Å². The molecule has 7 nitrogen and oxygen atoms in total. The predicted octanol–water partition coefficient (Wildman–Crippen LogP) is -1.60. The van der Waals surface area contributed by atoms with Gasteiger partial charge in [0.25, 0.3) is 5.95 Å². The van der Waals surface area contributed by atoms with E-state index in [2.05, 4.69) is 4.98 Å². The Balaban J connectivity index is 2.13. The van der Waals surface area contributed by atoms with E-state index in [0.717, 1.165) is 0 Å². The zero-order valence-electron chi connectivity index (χ0n) is 9.76. The second-order valence-corrected chi connectivity index (χ2v) is 4.11. The molecule has 106 valence electrons. The van der Waals surface area contributed by atoms with Crippen LogP contribution in [0, 0.1) is 5.95 Å². The number of aliphatic hydroxyl groups excluding tert-OH is 4. The Hall–Kier alpha value is -1.32. The van der Waals surface area contributed by atoms with Gasteiger partial charge in [0, 0.05) is 6.20 Å². The van der Waals surface area contributed by atoms with E-state index in [1.807, 2.05) is 0 Å². The standard InChI is InChI=1S/C11H14FNO6/c12-10-5(2-1-3-13-10)18-11-9(17)8(16)7(15)6(4-14)19-11/h1-3,6-9,11,14-17H,4H2/t6-,7+,8+,9-,11-/m1/s1/i12+0. The van der Waals surface area contributed by atoms with Gasteiger partial charge in [-0.25, -0.2) is 4.98 Å². The van der Waals surface area contributed by atoms with Crippen molar-refractivity contribution in [2.24, 2.45) is 0 Å². The van der Waals surface area contributed by atoms with Crippen LogP contribution in [0.1, 0.15) is 0 Å². The van der Waals surface area contributed by atoms with Gasteiger partial charge in [-0.3, -0.25) is 0 Å². The number of hydrogen-bond donors (Lipinski definition) is 4. The first-order valence-corrected chi connectivity index (χ1v) is 5.62. The van der Waals surface area contributed by atoms with Crippen molar-refractivity contribution in [1.29, 1.82) is 0 Å². The number of hydrogen-bond acceptors (Lipinski definition) is 7. The van der Waals surface area contributed by atoms with E-state index < -0.39 is 43.3 Å². The van der Waals surface area contributed by atoms with Crippen LogP contribution in [0.15, 0.2) is 18.3 Å². The van der Waals surface area contributed by atoms with Crippen LogP contribution < -0.4 is 4.74 Å². The Labute approximate surface area is 107 Å². The zero-order chi connectivity index (χ0) is 14.0. The maximum Gasteiger partial charge on any atom is 0.255 e. The minimum Gasteiger partial charge on any atom is -0.457 e. The topological polar surface area (TPSA) is 112 Å². The van der Waals surface area contributed by atoms with Crippen molar-refractivity contribution in [3.8, 4) is 5.75 Å². The fourth-order valence-electron chi connectivity index (χ4n) is 1.75. The maximum atomic E-state index is 13.3. The molecule has 0 unspecified atom stereocenters. The smallest absolute Gasteiger partial charge is 0.255 e. The third-order valence-electron chi connectivity index (χ3n) is 2.82. The molecule has 2 heterocycles. The normalized spacial score (nSPS) is 35.1. The van der Waals surface area contributed by atoms with Crippen molar-refractivity contribution < 1.29 is 34.3 Å². The van der Waals surface area contributed by atoms with E-state index in [-0.39, 0.29) is 5.75 Å². The van der Waals surface area contributed by atoms with E-state index in [0.29, 0.717) is 0 Å². The summed E-state index contributed by atoms with van der Waals surface area (Å²) in [4.78, 5) is 3.35. The van der Waals surface area contributed by atoms with Gasteiger partial charge in [0.05, 0.1) is 6.61 Å². The Morgan fingerprint density at radius 1 is 1.26 bits per heavy atom. The first-order valence-electron chi connectivity index (χ1n) is 5.62. The van der Waals surface area contributed by atoms with Crippen LogP contribution >= 0.6 is 0 Å². The highest BCUT2D eigenvalue weighted by atomic mass is 19.1. The molecule has 8 heteroatoms. The molecule has 5 atom stereocenters. The van der Waals surface area contributed by atoms with E-state index in [9.17, 15) is 19.7 Å². The molecule has 0 radical (unpaired) electrons. The molecule has 0 bridgehead atoms. The summed E-state index contributed by atoms with van der Waals surface area (Å²) in [5.74, 6) is -1.17. The summed E-state index contributed by atoms with van der Waals surface area (Å²) in [7, 11) is 0. The first kappa shape index (κ1) is 14.1. The number of pyridine rings is 1. The van der Waals surface area contributed by atoms with E-state index in [1.165, 1.54) is 18.3 Å². The van der Waals surface area contributed by atoms with Crippen LogP contribution in [0.3, 0.4) is 0 Å². The van der Waals surface area contributed by atoms with E-state index >= 15 is 0 Å². The lowest BCUT2D eigenvalue weighted by Crippen LogP contribution is -2.60. The molecule has 0 aliphatic carbocycles. The lowest BCUT2D eigenvalue weighted by atomic mass is 9.99. The first-order chi connectivity index (χ1) is 9.04. The van der Waals surface area contributed by atoms with Gasteiger partial charge in [-0.1, -0.05) is 0 Å². The molecular weight excluding hydrogens is 261 g/mol. The molecule has 1 saturated heterocycles. The molecule has 0 amide bonds. The van der Waals surface area contributed by atoms with Gasteiger partial charge in [0.1, 0.15) is 24.4 Å². The SMILES string of the molecule is OC[C@H]1O[C@@H](Oc2cccnc2[19F])[C@H](O)[C@@H](O)[C@H]1O. The predicted molar refractivity (Wildman–Crippen MR) is 58.6 cm³/mol. The van der Waals surface area contributed by atoms with Crippen molar-refractivity contribution in [1.82, 2.24) is 4.98 Å². The molecule has 1 aromatic heterocycles. The molecule has 0 aromatic carbocycles. The fourth-order valence-corrected chi connectivity index (χ4v) is 1.75. The highest BCUT2D eigenvalue weighted by Crippen LogP contribution is 2.24. The Morgan fingerprint density at radius 2 is 2.00 bits per heavy atom. The third-order valence-corrected chi connectivity index (χ3v) is 2.82. The summed E-state index contributed by atoms with van der Waals surface area (Å²) in [6.07, 6.45) is -5.96. The lowest BCUT2D eigenvalue weighted by Gasteiger charge is -2.39. The molecule has 1 aliphatic heterocycles. The van der Waals surface area contributed by atoms with Gasteiger partial charge in [0.15, 0.2) is 5.75 Å². The van der Waals surface area contributed by atoms with E-state index in [1.54, 1.807) is 0 Å². The van der Waals surface area contributed by atoms with Crippen LogP contribution in [-0.2, 0) is 4.74 Å². The number of nitrogens with zero attached hydrogens (tertiary/aromatic N) is 1. The molecule has 19 heavy (non-hydrogen) atoms. The molecule has 4 N–H and O–H groups in total. The van der Waals surface area contributed by atoms with Crippen molar-refractivity contribution in [3.05, 3.63) is 24.3 Å². The van der Waals surface area contributed by atoms with Crippen LogP contribution in [-0.4, -0.2) is 62.7 Å². The second-order valence-electron chi connectivity index (χ2n) is 4.11. The molecular formula is C11H14FNO6. The van der Waals surface area contributed by atoms with Crippen molar-refractivity contribution in [2.45, 2.75) is 30.7 Å². The summed E-state index contributed by atoms with van der Waals surface area (Å²) in [6, 6.07) is 2.69. The second kappa shape index (κ2) is 5.76. The average Bonchev–Trinajstić information content (AvgIpc) is 2.41. The summed E-state index contributed by atoms with van der Waals surface area (Å²) in [5.41, 5.74) is 0. The maximum absolute atomic E-state index is 13.3. The van der Waals surface area contributed by atoms with E-state index in [4.69, 9.17) is 14.6 Å². The van der Waals surface area contributed by atoms with Gasteiger partial charge in [-0.2, -0.15) is 4.39 Å². The zero-order valence-corrected chi connectivity index (χ0v) is 9.76. The lowest BCUT2D eigenvalue weighted by molar-refractivity contribution is -0.278. The van der Waals surface area contributed by atoms with Crippen LogP contribution in [0.25, 0.3) is 0 Å². The number of halogens is 1. The Morgan fingerprint density at radius 3 is 2.63 bits per heavy atom. The van der Waals surface area contributed by atoms with Crippen LogP contribution in [0.5, 0.6) is 5.75 Å². The van der Waals surface area contributed by atoms with Crippen molar-refractivity contribution in [3.63, 3.8) is 0 Å². The molecule has 1 aliphatic rings. The third kappa shape index (κ3) is 2.82. The summed E-state index contributed by atoms with van der Waals surface area (Å²) in [6.45, 7) is -0.583. The van der Waals surface area contributed by atoms with Gasteiger partial charge in [0.2, 0.25) is 6.29 Å². The van der Waals surface area contributed by atoms with Crippen molar-refractivity contribution >= 4 is 0 Å². The van der Waals surface area contributed by atoms with Gasteiger partial charge in [-0.15, -0.1) is 0 Å². The van der Waals surface area contributed by atoms with Crippen LogP contribution in [0.2, 0.25) is 0 Å². The largest absolute Gasteiger partial charge is 0.457 e.